The van der Waals surface area contributed by atoms with Gasteiger partial charge in [-0.2, -0.15) is 0 Å². The highest BCUT2D eigenvalue weighted by Gasteiger charge is 2.52. The van der Waals surface area contributed by atoms with Crippen molar-refractivity contribution in [3.8, 4) is 0 Å². The molecule has 11 N–H and O–H groups in total. The van der Waals surface area contributed by atoms with Crippen LogP contribution in [0.1, 0.15) is 46.1 Å². The average Bonchev–Trinajstić information content (AvgIpc) is 3.11. The molecule has 1 aromatic carbocycles. The van der Waals surface area contributed by atoms with Crippen LogP contribution in [0.25, 0.3) is 0 Å². The second-order valence-electron chi connectivity index (χ2n) is 13.3. The van der Waals surface area contributed by atoms with Gasteiger partial charge in [-0.3, -0.25) is 24.0 Å². The minimum atomic E-state index is -1.79. The van der Waals surface area contributed by atoms with Crippen LogP contribution in [0, 0.1) is 0 Å². The summed E-state index contributed by atoms with van der Waals surface area (Å²) in [5, 5.41) is 57.3. The lowest BCUT2D eigenvalue weighted by molar-refractivity contribution is -0.334. The number of primary amides is 1. The van der Waals surface area contributed by atoms with Crippen LogP contribution in [0.4, 0.5) is 0 Å². The van der Waals surface area contributed by atoms with Crippen molar-refractivity contribution in [1.29, 1.82) is 0 Å². The van der Waals surface area contributed by atoms with Gasteiger partial charge in [0.05, 0.1) is 25.4 Å². The van der Waals surface area contributed by atoms with E-state index in [0.717, 1.165) is 24.3 Å². The Morgan fingerprint density at radius 2 is 1.50 bits per heavy atom. The summed E-state index contributed by atoms with van der Waals surface area (Å²) in [7, 11) is 0. The number of rotatable bonds is 18. The van der Waals surface area contributed by atoms with Crippen molar-refractivity contribution in [2.24, 2.45) is 11.5 Å². The van der Waals surface area contributed by atoms with Crippen LogP contribution in [-0.4, -0.2) is 159 Å². The summed E-state index contributed by atoms with van der Waals surface area (Å²) in [6.07, 6.45) is -14.1. The molecule has 13 atom stereocenters. The molecular formula is C34H53N5O15. The molecule has 20 heteroatoms. The number of carbonyl (C=O) groups excluding carboxylic acids is 5. The molecule has 0 saturated carbocycles. The fourth-order valence-electron chi connectivity index (χ4n) is 6.26. The maximum absolute atomic E-state index is 13.4. The highest BCUT2D eigenvalue weighted by molar-refractivity contribution is 5.89. The van der Waals surface area contributed by atoms with Gasteiger partial charge in [-0.1, -0.05) is 30.3 Å². The minimum Gasteiger partial charge on any atom is -0.461 e. The Kier molecular flexibility index (Phi) is 17.1. The monoisotopic (exact) mass is 771 g/mol. The molecule has 0 spiro atoms. The number of aliphatic hydroxyl groups is 5. The number of nitrogens with zero attached hydrogens (tertiary/aromatic N) is 1. The predicted molar refractivity (Wildman–Crippen MR) is 184 cm³/mol. The molecule has 2 heterocycles. The first-order valence-electron chi connectivity index (χ1n) is 17.5. The van der Waals surface area contributed by atoms with Gasteiger partial charge < -0.3 is 76.2 Å². The highest BCUT2D eigenvalue weighted by atomic mass is 16.7. The lowest BCUT2D eigenvalue weighted by Gasteiger charge is -2.49. The fraction of sp³-hybridized carbons (Fsp3) is 0.676. The van der Waals surface area contributed by atoms with Crippen molar-refractivity contribution in [3.05, 3.63) is 35.9 Å². The first-order valence-corrected chi connectivity index (χ1v) is 17.5. The van der Waals surface area contributed by atoms with Gasteiger partial charge in [0.2, 0.25) is 23.6 Å². The summed E-state index contributed by atoms with van der Waals surface area (Å²) in [5.74, 6) is -3.63. The van der Waals surface area contributed by atoms with Gasteiger partial charge in [0.15, 0.2) is 12.6 Å². The number of esters is 1. The van der Waals surface area contributed by atoms with E-state index in [9.17, 15) is 49.5 Å². The molecule has 1 aromatic rings. The molecule has 54 heavy (non-hydrogen) atoms. The van der Waals surface area contributed by atoms with Crippen LogP contribution in [0.15, 0.2) is 30.3 Å². The molecule has 20 nitrogen and oxygen atoms in total. The van der Waals surface area contributed by atoms with Crippen LogP contribution in [0.3, 0.4) is 0 Å². The maximum Gasteiger partial charge on any atom is 0.306 e. The van der Waals surface area contributed by atoms with Crippen LogP contribution >= 0.6 is 0 Å². The number of hydrogen-bond donors (Lipinski definition) is 9. The normalized spacial score (nSPS) is 30.0. The molecule has 2 aliphatic rings. The van der Waals surface area contributed by atoms with E-state index in [2.05, 4.69) is 10.6 Å². The van der Waals surface area contributed by atoms with E-state index < -0.39 is 122 Å². The standard InChI is InChI=1S/C34H53N5O15/c1-16(12-39(32(48)17(2)35)21(31(36)47)10-11-24(44)50-15-20-8-6-5-7-9-20)51-30-26(38-19(4)43)33(49)52-23(14-41)29(30)54-34-25(37-18(3)42)28(46)27(45)22(13-40)53-34/h5-9,16-17,21-23,25-30,33-34,40-41,45-46,49H,10-15,35H2,1-4H3,(H2,36,47)(H,37,42)(H,38,43)/t16?,17-,21+,22+,23+,25+,26+,27+,28+,29+,30+,33-,34-/m0/s1. The maximum atomic E-state index is 13.4. The topological polar surface area (TPSA) is 312 Å². The quantitative estimate of drug-likeness (QED) is 0.0640. The lowest BCUT2D eigenvalue weighted by Crippen LogP contribution is -2.69. The average molecular weight is 772 g/mol. The van der Waals surface area contributed by atoms with Crippen LogP contribution in [0.5, 0.6) is 0 Å². The van der Waals surface area contributed by atoms with E-state index in [0.29, 0.717) is 0 Å². The first kappa shape index (κ1) is 44.6. The Bertz CT molecular complexity index is 1410. The van der Waals surface area contributed by atoms with Gasteiger partial charge in [0.1, 0.15) is 61.4 Å². The lowest BCUT2D eigenvalue weighted by atomic mass is 9.94. The van der Waals surface area contributed by atoms with Gasteiger partial charge in [0, 0.05) is 26.8 Å². The molecule has 2 aliphatic heterocycles. The molecule has 1 unspecified atom stereocenters. The second-order valence-corrected chi connectivity index (χ2v) is 13.3. The summed E-state index contributed by atoms with van der Waals surface area (Å²) in [5.41, 5.74) is 12.4. The van der Waals surface area contributed by atoms with Crippen molar-refractivity contribution in [2.75, 3.05) is 19.8 Å². The number of amides is 4. The Morgan fingerprint density at radius 3 is 2.06 bits per heavy atom. The zero-order valence-electron chi connectivity index (χ0n) is 30.6. The molecule has 3 rings (SSSR count). The molecule has 2 fully saturated rings. The number of nitrogens with one attached hydrogen (secondary N) is 2. The van der Waals surface area contributed by atoms with Gasteiger partial charge in [-0.15, -0.1) is 0 Å². The number of benzene rings is 1. The van der Waals surface area contributed by atoms with E-state index in [1.54, 1.807) is 30.3 Å². The zero-order valence-corrected chi connectivity index (χ0v) is 30.6. The van der Waals surface area contributed by atoms with Crippen molar-refractivity contribution < 1.29 is 73.2 Å². The number of ether oxygens (including phenoxy) is 5. The summed E-state index contributed by atoms with van der Waals surface area (Å²) < 4.78 is 29.0. The molecule has 304 valence electrons. The number of nitrogens with two attached hydrogens (primary N) is 2. The van der Waals surface area contributed by atoms with E-state index in [1.807, 2.05) is 0 Å². The predicted octanol–water partition coefficient (Wildman–Crippen LogP) is -4.14. The molecule has 0 radical (unpaired) electrons. The Balaban J connectivity index is 1.91. The van der Waals surface area contributed by atoms with Gasteiger partial charge in [0.25, 0.3) is 0 Å². The minimum absolute atomic E-state index is 0.0174. The van der Waals surface area contributed by atoms with Crippen molar-refractivity contribution in [3.63, 3.8) is 0 Å². The fourth-order valence-corrected chi connectivity index (χ4v) is 6.26. The molecule has 0 bridgehead atoms. The largest absolute Gasteiger partial charge is 0.461 e. The molecule has 0 aromatic heterocycles. The van der Waals surface area contributed by atoms with Gasteiger partial charge in [-0.05, 0) is 25.8 Å². The molecule has 4 amide bonds. The smallest absolute Gasteiger partial charge is 0.306 e. The second kappa shape index (κ2) is 20.7. The number of hydrogen-bond acceptors (Lipinski definition) is 16. The SMILES string of the molecule is CC(=O)N[C@@H]1[C@@H](OC(C)CN(C(=O)[C@H](C)N)[C@H](CCC(=O)OCc2ccccc2)C(N)=O)[C@H](O[C@@H]2O[C@H](CO)[C@@H](O)[C@H](O)[C@H]2NC(C)=O)[C@@H](CO)O[C@@H]1O. The van der Waals surface area contributed by atoms with E-state index in [4.69, 9.17) is 35.2 Å². The first-order chi connectivity index (χ1) is 25.5. The summed E-state index contributed by atoms with van der Waals surface area (Å²) in [6, 6.07) is 3.55. The summed E-state index contributed by atoms with van der Waals surface area (Å²) in [4.78, 5) is 64.2. The van der Waals surface area contributed by atoms with E-state index in [-0.39, 0.29) is 26.0 Å². The van der Waals surface area contributed by atoms with E-state index in [1.165, 1.54) is 13.8 Å². The van der Waals surface area contributed by atoms with Crippen molar-refractivity contribution in [1.82, 2.24) is 15.5 Å². The molecule has 2 saturated heterocycles. The Labute approximate surface area is 312 Å². The zero-order chi connectivity index (χ0) is 40.3. The number of carbonyl (C=O) groups is 5. The number of aliphatic hydroxyl groups excluding tert-OH is 5. The van der Waals surface area contributed by atoms with Crippen LogP contribution in [0.2, 0.25) is 0 Å². The van der Waals surface area contributed by atoms with Gasteiger partial charge >= 0.3 is 5.97 Å². The highest BCUT2D eigenvalue weighted by Crippen LogP contribution is 2.31. The van der Waals surface area contributed by atoms with E-state index >= 15 is 0 Å². The summed E-state index contributed by atoms with van der Waals surface area (Å²) >= 11 is 0. The van der Waals surface area contributed by atoms with Crippen molar-refractivity contribution >= 4 is 29.6 Å². The van der Waals surface area contributed by atoms with Crippen LogP contribution < -0.4 is 22.1 Å². The molecular weight excluding hydrogens is 718 g/mol. The van der Waals surface area contributed by atoms with Gasteiger partial charge in [-0.25, -0.2) is 0 Å². The van der Waals surface area contributed by atoms with Crippen molar-refractivity contribution in [2.45, 2.75) is 127 Å². The Morgan fingerprint density at radius 1 is 0.889 bits per heavy atom. The summed E-state index contributed by atoms with van der Waals surface area (Å²) in [6.45, 7) is 3.17. The molecule has 0 aliphatic carbocycles. The van der Waals surface area contributed by atoms with Crippen LogP contribution in [-0.2, 0) is 54.3 Å². The third-order valence-corrected chi connectivity index (χ3v) is 8.84. The Hall–Kier alpha value is -3.83. The third-order valence-electron chi connectivity index (χ3n) is 8.84. The third kappa shape index (κ3) is 12.1.